The number of rotatable bonds is 4. The molecule has 1 aromatic carbocycles. The van der Waals surface area contributed by atoms with Gasteiger partial charge < -0.3 is 4.90 Å². The van der Waals surface area contributed by atoms with Gasteiger partial charge in [-0.3, -0.25) is 18.8 Å². The van der Waals surface area contributed by atoms with Crippen LogP contribution in [0.5, 0.6) is 0 Å². The van der Waals surface area contributed by atoms with Gasteiger partial charge in [-0.2, -0.15) is 5.10 Å². The predicted octanol–water partition coefficient (Wildman–Crippen LogP) is 1.58. The molecule has 0 fully saturated rings. The van der Waals surface area contributed by atoms with Crippen molar-refractivity contribution in [3.8, 4) is 0 Å². The molecule has 1 amide bonds. The maximum Gasteiger partial charge on any atom is 0.264 e. The van der Waals surface area contributed by atoms with Gasteiger partial charge in [-0.1, -0.05) is 17.7 Å². The third kappa shape index (κ3) is 3.25. The van der Waals surface area contributed by atoms with E-state index in [0.29, 0.717) is 11.0 Å². The average Bonchev–Trinajstić information content (AvgIpc) is 2.95. The normalized spacial score (nSPS) is 11.0. The van der Waals surface area contributed by atoms with Gasteiger partial charge in [0.1, 0.15) is 24.1 Å². The number of carbonyl (C=O) groups excluding carboxylic acids is 1. The number of carbonyl (C=O) groups is 1. The molecular weight excluding hydrogens is 349 g/mol. The summed E-state index contributed by atoms with van der Waals surface area (Å²) in [5.74, 6) is -0.853. The molecule has 25 heavy (non-hydrogen) atoms. The zero-order valence-corrected chi connectivity index (χ0v) is 14.4. The van der Waals surface area contributed by atoms with E-state index in [2.05, 4.69) is 10.1 Å². The number of benzene rings is 1. The molecule has 0 unspecified atom stereocenters. The summed E-state index contributed by atoms with van der Waals surface area (Å²) in [4.78, 5) is 30.2. The van der Waals surface area contributed by atoms with Gasteiger partial charge >= 0.3 is 0 Å². The Hall–Kier alpha value is -2.74. The topological polar surface area (TPSA) is 73.0 Å². The Morgan fingerprint density at radius 3 is 2.88 bits per heavy atom. The molecule has 3 aromatic rings. The Kier molecular flexibility index (Phi) is 4.54. The molecule has 0 radical (unpaired) electrons. The van der Waals surface area contributed by atoms with Crippen molar-refractivity contribution < 1.29 is 9.18 Å². The van der Waals surface area contributed by atoms with Crippen molar-refractivity contribution >= 4 is 28.5 Å². The van der Waals surface area contributed by atoms with Gasteiger partial charge in [0.05, 0.1) is 6.20 Å². The highest BCUT2D eigenvalue weighted by molar-refractivity contribution is 6.31. The lowest BCUT2D eigenvalue weighted by Crippen LogP contribution is -2.34. The van der Waals surface area contributed by atoms with Gasteiger partial charge in [-0.25, -0.2) is 9.37 Å². The Labute approximate surface area is 147 Å². The van der Waals surface area contributed by atoms with E-state index < -0.39 is 5.82 Å². The van der Waals surface area contributed by atoms with E-state index in [0.717, 1.165) is 0 Å². The van der Waals surface area contributed by atoms with Crippen LogP contribution in [0.3, 0.4) is 0 Å². The molecule has 0 aliphatic heterocycles. The van der Waals surface area contributed by atoms with Crippen molar-refractivity contribution in [3.63, 3.8) is 0 Å². The summed E-state index contributed by atoms with van der Waals surface area (Å²) in [7, 11) is 3.20. The molecule has 7 nitrogen and oxygen atoms in total. The van der Waals surface area contributed by atoms with Crippen molar-refractivity contribution in [1.82, 2.24) is 24.2 Å². The molecule has 0 bridgehead atoms. The Morgan fingerprint density at radius 2 is 2.16 bits per heavy atom. The van der Waals surface area contributed by atoms with Crippen LogP contribution in [-0.4, -0.2) is 37.2 Å². The van der Waals surface area contributed by atoms with Gasteiger partial charge in [-0.15, -0.1) is 0 Å². The lowest BCUT2D eigenvalue weighted by atomic mass is 10.2. The summed E-state index contributed by atoms with van der Waals surface area (Å²) in [6.45, 7) is -0.207. The van der Waals surface area contributed by atoms with Crippen LogP contribution in [0.4, 0.5) is 4.39 Å². The minimum absolute atomic E-state index is 0.00164. The number of amides is 1. The third-order valence-electron chi connectivity index (χ3n) is 3.91. The highest BCUT2D eigenvalue weighted by Crippen LogP contribution is 2.20. The number of aryl methyl sites for hydroxylation is 1. The van der Waals surface area contributed by atoms with Gasteiger partial charge in [0.15, 0.2) is 5.65 Å². The zero-order chi connectivity index (χ0) is 18.1. The Bertz CT molecular complexity index is 993. The van der Waals surface area contributed by atoms with Gasteiger partial charge in [-0.05, 0) is 12.1 Å². The standard InChI is InChI=1S/C16H15ClFN5O2/c1-21(7-11-12(17)4-3-5-13(11)18)14(24)8-23-9-19-15-10(16(23)25)6-20-22(15)2/h3-6,9H,7-8H2,1-2H3. The van der Waals surface area contributed by atoms with Crippen molar-refractivity contribution in [2.45, 2.75) is 13.1 Å². The van der Waals surface area contributed by atoms with Crippen LogP contribution >= 0.6 is 11.6 Å². The van der Waals surface area contributed by atoms with Crippen LogP contribution < -0.4 is 5.56 Å². The van der Waals surface area contributed by atoms with E-state index in [1.165, 1.54) is 45.9 Å². The molecule has 0 aliphatic rings. The Morgan fingerprint density at radius 1 is 1.40 bits per heavy atom. The first-order chi connectivity index (χ1) is 11.9. The number of likely N-dealkylation sites (N-methyl/N-ethyl adjacent to an activating group) is 1. The number of hydrogen-bond acceptors (Lipinski definition) is 4. The van der Waals surface area contributed by atoms with Crippen molar-refractivity contribution in [2.75, 3.05) is 7.05 Å². The summed E-state index contributed by atoms with van der Waals surface area (Å²) >= 11 is 5.98. The second-order valence-electron chi connectivity index (χ2n) is 5.63. The largest absolute Gasteiger partial charge is 0.340 e. The second kappa shape index (κ2) is 6.64. The molecule has 0 spiro atoms. The van der Waals surface area contributed by atoms with E-state index in [1.54, 1.807) is 13.1 Å². The molecule has 0 saturated carbocycles. The van der Waals surface area contributed by atoms with Crippen molar-refractivity contribution in [2.24, 2.45) is 7.05 Å². The lowest BCUT2D eigenvalue weighted by molar-refractivity contribution is -0.131. The summed E-state index contributed by atoms with van der Waals surface area (Å²) < 4.78 is 16.5. The van der Waals surface area contributed by atoms with Gasteiger partial charge in [0, 0.05) is 31.2 Å². The number of halogens is 2. The highest BCUT2D eigenvalue weighted by atomic mass is 35.5. The summed E-state index contributed by atoms with van der Waals surface area (Å²) in [6.07, 6.45) is 2.71. The van der Waals surface area contributed by atoms with Crippen LogP contribution in [-0.2, 0) is 24.9 Å². The fraction of sp³-hybridized carbons (Fsp3) is 0.250. The maximum absolute atomic E-state index is 13.8. The summed E-state index contributed by atoms with van der Waals surface area (Å²) in [5.41, 5.74) is 0.317. The van der Waals surface area contributed by atoms with E-state index >= 15 is 0 Å². The van der Waals surface area contributed by atoms with E-state index in [4.69, 9.17) is 11.6 Å². The molecule has 0 N–H and O–H groups in total. The van der Waals surface area contributed by atoms with Gasteiger partial charge in [0.2, 0.25) is 5.91 Å². The quantitative estimate of drug-likeness (QED) is 0.705. The number of aromatic nitrogens is 4. The fourth-order valence-electron chi connectivity index (χ4n) is 2.45. The SMILES string of the molecule is CN(Cc1c(F)cccc1Cl)C(=O)Cn1cnc2c(cnn2C)c1=O. The van der Waals surface area contributed by atoms with Crippen molar-refractivity contribution in [1.29, 1.82) is 0 Å². The van der Waals surface area contributed by atoms with Crippen LogP contribution in [0.1, 0.15) is 5.56 Å². The first kappa shape index (κ1) is 17.1. The van der Waals surface area contributed by atoms with E-state index in [9.17, 15) is 14.0 Å². The fourth-order valence-corrected chi connectivity index (χ4v) is 2.68. The van der Waals surface area contributed by atoms with E-state index in [1.807, 2.05) is 0 Å². The van der Waals surface area contributed by atoms with Crippen LogP contribution in [0.2, 0.25) is 5.02 Å². The van der Waals surface area contributed by atoms with Gasteiger partial charge in [0.25, 0.3) is 5.56 Å². The third-order valence-corrected chi connectivity index (χ3v) is 4.26. The zero-order valence-electron chi connectivity index (χ0n) is 13.6. The number of fused-ring (bicyclic) bond motifs is 1. The molecule has 130 valence electrons. The molecule has 0 aliphatic carbocycles. The number of nitrogens with zero attached hydrogens (tertiary/aromatic N) is 5. The van der Waals surface area contributed by atoms with Crippen LogP contribution in [0, 0.1) is 5.82 Å². The van der Waals surface area contributed by atoms with Crippen molar-refractivity contribution in [3.05, 3.63) is 57.5 Å². The minimum Gasteiger partial charge on any atom is -0.340 e. The lowest BCUT2D eigenvalue weighted by Gasteiger charge is -2.19. The minimum atomic E-state index is -0.484. The number of hydrogen-bond donors (Lipinski definition) is 0. The smallest absolute Gasteiger partial charge is 0.264 e. The molecule has 0 atom stereocenters. The maximum atomic E-state index is 13.8. The molecule has 2 heterocycles. The Balaban J connectivity index is 1.80. The highest BCUT2D eigenvalue weighted by Gasteiger charge is 2.16. The second-order valence-corrected chi connectivity index (χ2v) is 6.04. The molecular formula is C16H15ClFN5O2. The average molecular weight is 364 g/mol. The molecule has 3 rings (SSSR count). The van der Waals surface area contributed by atoms with E-state index in [-0.39, 0.29) is 35.1 Å². The first-order valence-electron chi connectivity index (χ1n) is 7.42. The first-order valence-corrected chi connectivity index (χ1v) is 7.80. The van der Waals surface area contributed by atoms with Crippen LogP contribution in [0.25, 0.3) is 11.0 Å². The molecule has 0 saturated heterocycles. The molecule has 9 heteroatoms. The van der Waals surface area contributed by atoms with Crippen LogP contribution in [0.15, 0.2) is 35.5 Å². The predicted molar refractivity (Wildman–Crippen MR) is 90.7 cm³/mol. The molecule has 2 aromatic heterocycles. The summed E-state index contributed by atoms with van der Waals surface area (Å²) in [5, 5.41) is 4.55. The summed E-state index contributed by atoms with van der Waals surface area (Å²) in [6, 6.07) is 4.34. The monoisotopic (exact) mass is 363 g/mol.